The van der Waals surface area contributed by atoms with Crippen molar-refractivity contribution in [2.45, 2.75) is 0 Å². The van der Waals surface area contributed by atoms with Crippen LogP contribution in [0.2, 0.25) is 5.02 Å². The van der Waals surface area contributed by atoms with Gasteiger partial charge in [-0.05, 0) is 38.2 Å². The molecule has 7 heteroatoms. The van der Waals surface area contributed by atoms with Crippen LogP contribution in [0.25, 0.3) is 0 Å². The first-order valence-corrected chi connectivity index (χ1v) is 8.39. The van der Waals surface area contributed by atoms with E-state index >= 15 is 0 Å². The molecule has 0 radical (unpaired) electrons. The van der Waals surface area contributed by atoms with Crippen LogP contribution in [0.5, 0.6) is 11.5 Å². The smallest absolute Gasteiger partial charge is 1.00 e. The molecule has 4 nitrogen and oxygen atoms in total. The Morgan fingerprint density at radius 3 is 2.46 bits per heavy atom. The topological polar surface area (TPSA) is 44.8 Å². The Morgan fingerprint density at radius 2 is 1.83 bits per heavy atom. The maximum Gasteiger partial charge on any atom is 1.00 e. The number of hydrogen-bond acceptors (Lipinski definition) is 4. The van der Waals surface area contributed by atoms with Crippen LogP contribution in [0.3, 0.4) is 0 Å². The van der Waals surface area contributed by atoms with Crippen molar-refractivity contribution in [2.24, 2.45) is 0 Å². The van der Waals surface area contributed by atoms with E-state index in [9.17, 15) is 4.79 Å². The van der Waals surface area contributed by atoms with E-state index < -0.39 is 0 Å². The summed E-state index contributed by atoms with van der Waals surface area (Å²) in [6.45, 7) is 1.03. The van der Waals surface area contributed by atoms with E-state index in [1.807, 2.05) is 24.3 Å². The molecule has 1 unspecified atom stereocenters. The Labute approximate surface area is 162 Å². The Hall–Kier alpha value is -1.01. The van der Waals surface area contributed by atoms with Crippen molar-refractivity contribution in [3.05, 3.63) is 53.1 Å². The summed E-state index contributed by atoms with van der Waals surface area (Å²) in [4.78, 5) is 12.5. The van der Waals surface area contributed by atoms with E-state index in [0.717, 1.165) is 11.1 Å². The summed E-state index contributed by atoms with van der Waals surface area (Å²) >= 11 is 6.14. The molecule has 0 heterocycles. The van der Waals surface area contributed by atoms with Gasteiger partial charge in [0.1, 0.15) is 18.1 Å². The van der Waals surface area contributed by atoms with Gasteiger partial charge in [0.2, 0.25) is 0 Å². The number of rotatable bonds is 8. The van der Waals surface area contributed by atoms with Crippen LogP contribution in [0.4, 0.5) is 0 Å². The fourth-order valence-corrected chi connectivity index (χ4v) is 3.28. The van der Waals surface area contributed by atoms with Gasteiger partial charge in [0, 0.05) is 7.11 Å². The molecule has 2 aromatic rings. The molecular weight excluding hydrogens is 342 g/mol. The van der Waals surface area contributed by atoms with Crippen LogP contribution >= 0.6 is 20.2 Å². The molecular formula is C17H19ClLiO4P. The van der Waals surface area contributed by atoms with Crippen molar-refractivity contribution in [1.82, 2.24) is 0 Å². The molecule has 1 atom stereocenters. The van der Waals surface area contributed by atoms with Crippen LogP contribution < -0.4 is 33.6 Å². The van der Waals surface area contributed by atoms with Crippen LogP contribution in [-0.4, -0.2) is 33.0 Å². The monoisotopic (exact) mass is 360 g/mol. The van der Waals surface area contributed by atoms with Gasteiger partial charge >= 0.3 is 18.9 Å². The standard InChI is InChI=1S/C17H18ClO4P.Li.H/c1-20-10-11-22-12-6-8-13(9-7-12)23-17(19)16-14(18)4-3-5-15(16)21-2;;/h3-9,23H,10-11H2,1-2H3;;/q;+1;-1. The molecule has 0 fully saturated rings. The van der Waals surface area contributed by atoms with Crippen molar-refractivity contribution in [2.75, 3.05) is 27.4 Å². The molecule has 0 spiro atoms. The summed E-state index contributed by atoms with van der Waals surface area (Å²) in [6.07, 6.45) is 0. The van der Waals surface area contributed by atoms with Gasteiger partial charge in [-0.15, -0.1) is 0 Å². The minimum atomic E-state index is -0.0551. The van der Waals surface area contributed by atoms with Gasteiger partial charge in [-0.3, -0.25) is 4.79 Å². The minimum absolute atomic E-state index is 0. The Bertz CT molecular complexity index is 670. The van der Waals surface area contributed by atoms with Crippen molar-refractivity contribution in [1.29, 1.82) is 0 Å². The second-order valence-corrected chi connectivity index (χ2v) is 6.33. The van der Waals surface area contributed by atoms with Crippen molar-refractivity contribution in [3.8, 4) is 11.5 Å². The molecule has 0 amide bonds. The van der Waals surface area contributed by atoms with E-state index in [2.05, 4.69) is 0 Å². The molecule has 2 aromatic carbocycles. The fraction of sp³-hybridized carbons (Fsp3) is 0.235. The first-order chi connectivity index (χ1) is 11.2. The summed E-state index contributed by atoms with van der Waals surface area (Å²) < 4.78 is 15.7. The van der Waals surface area contributed by atoms with Crippen molar-refractivity contribution in [3.63, 3.8) is 0 Å². The van der Waals surface area contributed by atoms with Gasteiger partial charge in [0.15, 0.2) is 5.52 Å². The largest absolute Gasteiger partial charge is 1.00 e. The van der Waals surface area contributed by atoms with Crippen LogP contribution in [0, 0.1) is 0 Å². The van der Waals surface area contributed by atoms with Gasteiger partial charge in [-0.25, -0.2) is 0 Å². The van der Waals surface area contributed by atoms with E-state index in [-0.39, 0.29) is 34.4 Å². The zero-order valence-corrected chi connectivity index (χ0v) is 15.7. The van der Waals surface area contributed by atoms with Crippen LogP contribution in [-0.2, 0) is 4.74 Å². The van der Waals surface area contributed by atoms with Gasteiger partial charge in [0.05, 0.1) is 24.3 Å². The van der Waals surface area contributed by atoms with Gasteiger partial charge in [0.25, 0.3) is 0 Å². The normalized spacial score (nSPS) is 10.5. The molecule has 0 saturated carbocycles. The minimum Gasteiger partial charge on any atom is -1.00 e. The number of benzene rings is 2. The number of carbonyl (C=O) groups is 1. The summed E-state index contributed by atoms with van der Waals surface area (Å²) in [6, 6.07) is 12.6. The maximum atomic E-state index is 12.5. The first-order valence-electron chi connectivity index (χ1n) is 7.01. The Morgan fingerprint density at radius 1 is 1.12 bits per heavy atom. The van der Waals surface area contributed by atoms with E-state index in [4.69, 9.17) is 25.8 Å². The molecule has 0 aliphatic rings. The Kier molecular flexibility index (Phi) is 9.44. The average molecular weight is 361 g/mol. The molecule has 24 heavy (non-hydrogen) atoms. The number of ether oxygens (including phenoxy) is 3. The summed E-state index contributed by atoms with van der Waals surface area (Å²) in [5, 5.41) is 1.32. The maximum absolute atomic E-state index is 12.5. The van der Waals surface area contributed by atoms with E-state index in [0.29, 0.717) is 29.5 Å². The van der Waals surface area contributed by atoms with Crippen LogP contribution in [0.15, 0.2) is 42.5 Å². The van der Waals surface area contributed by atoms with E-state index in [1.54, 1.807) is 25.3 Å². The number of carbonyl (C=O) groups excluding carboxylic acids is 1. The van der Waals surface area contributed by atoms with Gasteiger partial charge < -0.3 is 15.6 Å². The van der Waals surface area contributed by atoms with E-state index in [1.165, 1.54) is 7.11 Å². The number of halogens is 1. The molecule has 0 bridgehead atoms. The second kappa shape index (κ2) is 10.8. The van der Waals surface area contributed by atoms with Crippen LogP contribution in [0.1, 0.15) is 11.8 Å². The second-order valence-electron chi connectivity index (χ2n) is 4.64. The molecule has 0 aliphatic heterocycles. The molecule has 124 valence electrons. The van der Waals surface area contributed by atoms with Crippen molar-refractivity contribution < 1.29 is 39.3 Å². The van der Waals surface area contributed by atoms with Gasteiger partial charge in [-0.1, -0.05) is 29.8 Å². The zero-order valence-electron chi connectivity index (χ0n) is 15.0. The third-order valence-corrected chi connectivity index (χ3v) is 4.50. The SMILES string of the molecule is COCCOc1ccc(PC(=O)c2c(Cl)cccc2OC)cc1.[H-].[Li+]. The molecule has 0 aliphatic carbocycles. The summed E-state index contributed by atoms with van der Waals surface area (Å²) in [5.74, 6) is 1.24. The molecule has 0 N–H and O–H groups in total. The summed E-state index contributed by atoms with van der Waals surface area (Å²) in [5.41, 5.74) is 0.371. The molecule has 0 aromatic heterocycles. The predicted molar refractivity (Wildman–Crippen MR) is 95.2 cm³/mol. The zero-order chi connectivity index (χ0) is 16.7. The van der Waals surface area contributed by atoms with Crippen molar-refractivity contribution >= 4 is 31.0 Å². The fourth-order valence-electron chi connectivity index (χ4n) is 1.97. The molecule has 2 rings (SSSR count). The Balaban J connectivity index is 0.00000288. The average Bonchev–Trinajstić information content (AvgIpc) is 2.56. The summed E-state index contributed by atoms with van der Waals surface area (Å²) in [7, 11) is 3.12. The first kappa shape index (κ1) is 21.0. The molecule has 0 saturated heterocycles. The number of hydrogen-bond donors (Lipinski definition) is 0. The number of methoxy groups -OCH3 is 2. The quantitative estimate of drug-likeness (QED) is 0.394. The predicted octanol–water partition coefficient (Wildman–Crippen LogP) is 0.634. The van der Waals surface area contributed by atoms with Gasteiger partial charge in [-0.2, -0.15) is 0 Å². The third-order valence-electron chi connectivity index (χ3n) is 3.09. The third kappa shape index (κ3) is 5.81.